The first-order valence-electron chi connectivity index (χ1n) is 6.25. The first-order chi connectivity index (χ1) is 10.3. The molecule has 0 atom stereocenters. The predicted octanol–water partition coefficient (Wildman–Crippen LogP) is 2.54. The number of carbonyl (C=O) groups is 1. The van der Waals surface area contributed by atoms with Crippen molar-refractivity contribution >= 4 is 27.6 Å². The average Bonchev–Trinajstić information content (AvgIpc) is 2.94. The summed E-state index contributed by atoms with van der Waals surface area (Å²) in [4.78, 5) is 11.9. The molecule has 0 amide bonds. The van der Waals surface area contributed by atoms with Gasteiger partial charge in [0.2, 0.25) is 5.09 Å². The molecule has 8 heteroatoms. The Morgan fingerprint density at radius 1 is 1.23 bits per heavy atom. The predicted molar refractivity (Wildman–Crippen MR) is 80.2 cm³/mol. The second-order valence-electron chi connectivity index (χ2n) is 4.56. The van der Waals surface area contributed by atoms with Crippen molar-refractivity contribution in [2.45, 2.75) is 11.7 Å². The third-order valence-electron chi connectivity index (χ3n) is 2.81. The van der Waals surface area contributed by atoms with E-state index < -0.39 is 16.0 Å². The molecule has 0 radical (unpaired) electrons. The molecule has 0 aliphatic rings. The highest BCUT2D eigenvalue weighted by molar-refractivity contribution is 7.88. The van der Waals surface area contributed by atoms with Crippen LogP contribution >= 0.6 is 11.6 Å². The number of benzene rings is 1. The Hall–Kier alpha value is -1.83. The number of furan rings is 1. The fourth-order valence-corrected chi connectivity index (χ4v) is 2.62. The first kappa shape index (κ1) is 16.5. The van der Waals surface area contributed by atoms with Crippen LogP contribution in [0, 0.1) is 0 Å². The molecule has 1 aromatic heterocycles. The molecule has 0 aliphatic carbocycles. The lowest BCUT2D eigenvalue weighted by atomic mass is 10.2. The average molecular weight is 344 g/mol. The van der Waals surface area contributed by atoms with E-state index in [0.29, 0.717) is 0 Å². The van der Waals surface area contributed by atoms with Gasteiger partial charge in [0.05, 0.1) is 10.6 Å². The van der Waals surface area contributed by atoms with E-state index in [1.807, 2.05) is 0 Å². The van der Waals surface area contributed by atoms with Crippen LogP contribution in [0.5, 0.6) is 0 Å². The van der Waals surface area contributed by atoms with Gasteiger partial charge in [0, 0.05) is 14.1 Å². The minimum atomic E-state index is -3.65. The number of ether oxygens (including phenoxy) is 1. The van der Waals surface area contributed by atoms with E-state index >= 15 is 0 Å². The lowest BCUT2D eigenvalue weighted by molar-refractivity contribution is 0.0441. The molecule has 118 valence electrons. The van der Waals surface area contributed by atoms with E-state index in [-0.39, 0.29) is 28.0 Å². The number of hydrogen-bond acceptors (Lipinski definition) is 5. The van der Waals surface area contributed by atoms with Crippen molar-refractivity contribution < 1.29 is 22.4 Å². The smallest absolute Gasteiger partial charge is 0.340 e. The minimum absolute atomic E-state index is 0.187. The van der Waals surface area contributed by atoms with Crippen molar-refractivity contribution in [2.24, 2.45) is 0 Å². The lowest BCUT2D eigenvalue weighted by Crippen LogP contribution is -2.21. The van der Waals surface area contributed by atoms with Gasteiger partial charge >= 0.3 is 5.97 Å². The lowest BCUT2D eigenvalue weighted by Gasteiger charge is -2.08. The second kappa shape index (κ2) is 6.51. The van der Waals surface area contributed by atoms with Gasteiger partial charge in [-0.25, -0.2) is 17.5 Å². The van der Waals surface area contributed by atoms with Crippen LogP contribution in [0.4, 0.5) is 0 Å². The molecule has 0 aliphatic heterocycles. The van der Waals surface area contributed by atoms with Gasteiger partial charge in [0.25, 0.3) is 10.0 Å². The van der Waals surface area contributed by atoms with Crippen LogP contribution in [0.1, 0.15) is 16.1 Å². The Kier molecular flexibility index (Phi) is 4.90. The summed E-state index contributed by atoms with van der Waals surface area (Å²) in [7, 11) is -0.853. The standard InChI is InChI=1S/C14H14ClNO5S/c1-16(2)22(18,19)13-8-7-10(21-13)9-20-14(17)11-5-3-4-6-12(11)15/h3-8H,9H2,1-2H3. The van der Waals surface area contributed by atoms with Gasteiger partial charge in [-0.1, -0.05) is 23.7 Å². The third-order valence-corrected chi connectivity index (χ3v) is 4.83. The van der Waals surface area contributed by atoms with Gasteiger partial charge in [-0.15, -0.1) is 0 Å². The van der Waals surface area contributed by atoms with Gasteiger partial charge in [-0.3, -0.25) is 0 Å². The van der Waals surface area contributed by atoms with Gasteiger partial charge < -0.3 is 9.15 Å². The second-order valence-corrected chi connectivity index (χ2v) is 7.05. The molecule has 0 unspecified atom stereocenters. The highest BCUT2D eigenvalue weighted by Crippen LogP contribution is 2.19. The molecule has 1 aromatic carbocycles. The number of esters is 1. The molecule has 0 saturated carbocycles. The van der Waals surface area contributed by atoms with Crippen LogP contribution in [0.2, 0.25) is 5.02 Å². The monoisotopic (exact) mass is 343 g/mol. The minimum Gasteiger partial charge on any atom is -0.454 e. The van der Waals surface area contributed by atoms with E-state index in [1.165, 1.54) is 32.3 Å². The summed E-state index contributed by atoms with van der Waals surface area (Å²) in [5, 5.41) is 0.0733. The van der Waals surface area contributed by atoms with Crippen LogP contribution < -0.4 is 0 Å². The normalized spacial score (nSPS) is 11.6. The summed E-state index contributed by atoms with van der Waals surface area (Å²) < 4.78 is 35.0. The zero-order chi connectivity index (χ0) is 16.3. The van der Waals surface area contributed by atoms with Crippen LogP contribution in [0.15, 0.2) is 45.9 Å². The quantitative estimate of drug-likeness (QED) is 0.780. The fourth-order valence-electron chi connectivity index (χ4n) is 1.60. The maximum absolute atomic E-state index is 11.9. The molecule has 0 spiro atoms. The summed E-state index contributed by atoms with van der Waals surface area (Å²) in [6.07, 6.45) is 0. The Labute approximate surface area is 133 Å². The van der Waals surface area contributed by atoms with Gasteiger partial charge in [0.15, 0.2) is 0 Å². The van der Waals surface area contributed by atoms with E-state index in [4.69, 9.17) is 20.8 Å². The van der Waals surface area contributed by atoms with Crippen LogP contribution in [-0.4, -0.2) is 32.8 Å². The fraction of sp³-hybridized carbons (Fsp3) is 0.214. The molecule has 0 bridgehead atoms. The zero-order valence-electron chi connectivity index (χ0n) is 11.9. The van der Waals surface area contributed by atoms with Crippen molar-refractivity contribution in [3.8, 4) is 0 Å². The van der Waals surface area contributed by atoms with E-state index in [2.05, 4.69) is 0 Å². The molecule has 6 nitrogen and oxygen atoms in total. The number of halogens is 1. The van der Waals surface area contributed by atoms with Crippen molar-refractivity contribution in [3.63, 3.8) is 0 Å². The molecule has 0 N–H and O–H groups in total. The Bertz CT molecular complexity index is 782. The molecule has 0 fully saturated rings. The van der Waals surface area contributed by atoms with Crippen LogP contribution in [0.25, 0.3) is 0 Å². The topological polar surface area (TPSA) is 76.8 Å². The maximum Gasteiger partial charge on any atom is 0.340 e. The van der Waals surface area contributed by atoms with Crippen LogP contribution in [-0.2, 0) is 21.4 Å². The molecular weight excluding hydrogens is 330 g/mol. The highest BCUT2D eigenvalue weighted by atomic mass is 35.5. The molecular formula is C14H14ClNO5S. The number of carbonyl (C=O) groups excluding carboxylic acids is 1. The summed E-state index contributed by atoms with van der Waals surface area (Å²) in [6.45, 7) is -0.187. The molecule has 2 aromatic rings. The summed E-state index contributed by atoms with van der Waals surface area (Å²) in [6, 6.07) is 9.23. The van der Waals surface area contributed by atoms with Gasteiger partial charge in [-0.05, 0) is 24.3 Å². The summed E-state index contributed by atoms with van der Waals surface area (Å²) >= 11 is 5.89. The Balaban J connectivity index is 2.06. The van der Waals surface area contributed by atoms with E-state index in [9.17, 15) is 13.2 Å². The van der Waals surface area contributed by atoms with Crippen molar-refractivity contribution in [3.05, 3.63) is 52.7 Å². The third kappa shape index (κ3) is 3.49. The maximum atomic E-state index is 11.9. The summed E-state index contributed by atoms with van der Waals surface area (Å²) in [5.74, 6) is -0.389. The number of sulfonamides is 1. The van der Waals surface area contributed by atoms with Crippen molar-refractivity contribution in [1.29, 1.82) is 0 Å². The number of hydrogen-bond donors (Lipinski definition) is 0. The summed E-state index contributed by atoms with van der Waals surface area (Å²) in [5.41, 5.74) is 0.233. The zero-order valence-corrected chi connectivity index (χ0v) is 13.5. The first-order valence-corrected chi connectivity index (χ1v) is 8.07. The SMILES string of the molecule is CN(C)S(=O)(=O)c1ccc(COC(=O)c2ccccc2Cl)o1. The van der Waals surface area contributed by atoms with Crippen molar-refractivity contribution in [2.75, 3.05) is 14.1 Å². The van der Waals surface area contributed by atoms with E-state index in [1.54, 1.807) is 18.2 Å². The molecule has 0 saturated heterocycles. The molecule has 22 heavy (non-hydrogen) atoms. The van der Waals surface area contributed by atoms with Crippen LogP contribution in [0.3, 0.4) is 0 Å². The Morgan fingerprint density at radius 2 is 1.91 bits per heavy atom. The number of rotatable bonds is 5. The Morgan fingerprint density at radius 3 is 2.55 bits per heavy atom. The van der Waals surface area contributed by atoms with Crippen molar-refractivity contribution in [1.82, 2.24) is 4.31 Å². The molecule has 2 rings (SSSR count). The largest absolute Gasteiger partial charge is 0.454 e. The molecule has 1 heterocycles. The number of nitrogens with zero attached hydrogens (tertiary/aromatic N) is 1. The highest BCUT2D eigenvalue weighted by Gasteiger charge is 2.22. The van der Waals surface area contributed by atoms with E-state index in [0.717, 1.165) is 4.31 Å². The van der Waals surface area contributed by atoms with Gasteiger partial charge in [-0.2, -0.15) is 0 Å². The van der Waals surface area contributed by atoms with Gasteiger partial charge in [0.1, 0.15) is 12.4 Å².